The fourth-order valence-corrected chi connectivity index (χ4v) is 7.77. The van der Waals surface area contributed by atoms with Crippen LogP contribution >= 0.6 is 0 Å². The average molecular weight is 580 g/mol. The minimum absolute atomic E-state index is 0.333. The molecule has 0 bridgehead atoms. The first-order valence-electron chi connectivity index (χ1n) is 15.3. The van der Waals surface area contributed by atoms with Gasteiger partial charge in [-0.1, -0.05) is 97.1 Å². The van der Waals surface area contributed by atoms with Crippen molar-refractivity contribution in [2.24, 2.45) is 0 Å². The number of nitrogens with zero attached hydrogens (tertiary/aromatic N) is 3. The standard InChI is InChI=1S/C41H29N3O/c1-26-40(27(2)44(43-26)29-12-11-13-30(25-29)45-39-20-9-10-23-42-39)28-21-22-38-34(24-28)33-16-5-8-19-37(33)41(38)35-17-6-3-14-31(35)32-15-4-7-18-36(32)41/h3-25H,1-2H3. The van der Waals surface area contributed by atoms with Crippen LogP contribution in [0.3, 0.4) is 0 Å². The Morgan fingerprint density at radius 3 is 1.87 bits per heavy atom. The molecular weight excluding hydrogens is 550 g/mol. The van der Waals surface area contributed by atoms with Crippen LogP contribution in [0.4, 0.5) is 0 Å². The zero-order valence-corrected chi connectivity index (χ0v) is 25.0. The molecule has 1 spiro atoms. The van der Waals surface area contributed by atoms with Crippen LogP contribution in [0.25, 0.3) is 39.1 Å². The molecule has 0 saturated carbocycles. The average Bonchev–Trinajstić information content (AvgIpc) is 3.67. The predicted molar refractivity (Wildman–Crippen MR) is 179 cm³/mol. The Morgan fingerprint density at radius 2 is 1.20 bits per heavy atom. The molecule has 2 aliphatic rings. The predicted octanol–water partition coefficient (Wildman–Crippen LogP) is 9.69. The number of fused-ring (bicyclic) bond motifs is 10. The molecule has 0 atom stereocenters. The van der Waals surface area contributed by atoms with Gasteiger partial charge in [-0.15, -0.1) is 0 Å². The van der Waals surface area contributed by atoms with Crippen molar-refractivity contribution in [3.05, 3.63) is 173 Å². The zero-order valence-electron chi connectivity index (χ0n) is 25.0. The van der Waals surface area contributed by atoms with Crippen molar-refractivity contribution < 1.29 is 4.74 Å². The smallest absolute Gasteiger partial charge is 0.219 e. The van der Waals surface area contributed by atoms with Gasteiger partial charge in [0.05, 0.1) is 16.8 Å². The fraction of sp³-hybridized carbons (Fsp3) is 0.0732. The highest BCUT2D eigenvalue weighted by Gasteiger charge is 2.51. The van der Waals surface area contributed by atoms with Gasteiger partial charge < -0.3 is 4.74 Å². The van der Waals surface area contributed by atoms with Crippen molar-refractivity contribution in [1.82, 2.24) is 14.8 Å². The molecule has 0 unspecified atom stereocenters. The van der Waals surface area contributed by atoms with Crippen LogP contribution in [-0.2, 0) is 5.41 Å². The monoisotopic (exact) mass is 579 g/mol. The zero-order chi connectivity index (χ0) is 30.1. The Bertz CT molecular complexity index is 2240. The molecule has 2 heterocycles. The van der Waals surface area contributed by atoms with Crippen molar-refractivity contribution in [1.29, 1.82) is 0 Å². The minimum Gasteiger partial charge on any atom is -0.439 e. The number of hydrogen-bond acceptors (Lipinski definition) is 3. The lowest BCUT2D eigenvalue weighted by Gasteiger charge is -2.30. The molecule has 5 aromatic carbocycles. The van der Waals surface area contributed by atoms with Crippen LogP contribution in [0.15, 0.2) is 140 Å². The molecule has 2 aromatic heterocycles. The lowest BCUT2D eigenvalue weighted by Crippen LogP contribution is -2.25. The molecular formula is C41H29N3O. The normalized spacial score (nSPS) is 13.3. The highest BCUT2D eigenvalue weighted by molar-refractivity contribution is 5.96. The van der Waals surface area contributed by atoms with Gasteiger partial charge in [0, 0.05) is 29.6 Å². The Hall–Kier alpha value is -5.74. The Balaban J connectivity index is 1.19. The Labute approximate surface area is 262 Å². The van der Waals surface area contributed by atoms with Gasteiger partial charge in [-0.3, -0.25) is 0 Å². The van der Waals surface area contributed by atoms with Crippen molar-refractivity contribution in [2.75, 3.05) is 0 Å². The first kappa shape index (κ1) is 25.7. The lowest BCUT2D eigenvalue weighted by molar-refractivity contribution is 0.462. The number of aromatic nitrogens is 3. The number of hydrogen-bond donors (Lipinski definition) is 0. The summed E-state index contributed by atoms with van der Waals surface area (Å²) in [7, 11) is 0. The fourth-order valence-electron chi connectivity index (χ4n) is 7.77. The van der Waals surface area contributed by atoms with Crippen molar-refractivity contribution in [2.45, 2.75) is 19.3 Å². The van der Waals surface area contributed by atoms with E-state index in [-0.39, 0.29) is 5.41 Å². The van der Waals surface area contributed by atoms with Gasteiger partial charge in [0.2, 0.25) is 5.88 Å². The van der Waals surface area contributed by atoms with Crippen LogP contribution in [0.5, 0.6) is 11.6 Å². The molecule has 0 N–H and O–H groups in total. The van der Waals surface area contributed by atoms with E-state index in [1.165, 1.54) is 50.1 Å². The number of benzene rings is 5. The van der Waals surface area contributed by atoms with Gasteiger partial charge in [-0.05, 0) is 88.2 Å². The van der Waals surface area contributed by atoms with Crippen LogP contribution in [0.1, 0.15) is 33.6 Å². The largest absolute Gasteiger partial charge is 0.439 e. The van der Waals surface area contributed by atoms with Crippen molar-refractivity contribution in [3.63, 3.8) is 0 Å². The maximum absolute atomic E-state index is 6.03. The first-order valence-corrected chi connectivity index (χ1v) is 15.3. The molecule has 0 amide bonds. The summed E-state index contributed by atoms with van der Waals surface area (Å²) in [5.41, 5.74) is 15.6. The third-order valence-electron chi connectivity index (χ3n) is 9.50. The van der Waals surface area contributed by atoms with Crippen LogP contribution in [0.2, 0.25) is 0 Å². The highest BCUT2D eigenvalue weighted by atomic mass is 16.5. The summed E-state index contributed by atoms with van der Waals surface area (Å²) in [6, 6.07) is 47.5. The summed E-state index contributed by atoms with van der Waals surface area (Å²) in [5, 5.41) is 5.02. The molecule has 4 heteroatoms. The highest BCUT2D eigenvalue weighted by Crippen LogP contribution is 2.62. The van der Waals surface area contributed by atoms with Gasteiger partial charge in [0.1, 0.15) is 5.75 Å². The van der Waals surface area contributed by atoms with E-state index in [0.29, 0.717) is 5.88 Å². The van der Waals surface area contributed by atoms with E-state index in [1.807, 2.05) is 41.1 Å². The topological polar surface area (TPSA) is 39.9 Å². The van der Waals surface area contributed by atoms with Gasteiger partial charge in [-0.25, -0.2) is 9.67 Å². The molecule has 45 heavy (non-hydrogen) atoms. The van der Waals surface area contributed by atoms with Gasteiger partial charge in [0.25, 0.3) is 0 Å². The second kappa shape index (κ2) is 9.63. The van der Waals surface area contributed by atoms with Gasteiger partial charge in [0.15, 0.2) is 0 Å². The van der Waals surface area contributed by atoms with E-state index < -0.39 is 0 Å². The number of rotatable bonds is 4. The third kappa shape index (κ3) is 3.60. The molecule has 2 aliphatic carbocycles. The van der Waals surface area contributed by atoms with E-state index in [1.54, 1.807) is 6.20 Å². The third-order valence-corrected chi connectivity index (χ3v) is 9.50. The minimum atomic E-state index is -0.333. The van der Waals surface area contributed by atoms with Crippen LogP contribution in [0, 0.1) is 13.8 Å². The van der Waals surface area contributed by atoms with E-state index in [4.69, 9.17) is 9.84 Å². The SMILES string of the molecule is Cc1nn(-c2cccc(Oc3ccccn3)c2)c(C)c1-c1ccc2c(c1)-c1ccccc1C21c2ccccc2-c2ccccc21. The summed E-state index contributed by atoms with van der Waals surface area (Å²) in [4.78, 5) is 4.30. The second-order valence-corrected chi connectivity index (χ2v) is 11.9. The summed E-state index contributed by atoms with van der Waals surface area (Å²) in [6.07, 6.45) is 1.73. The van der Waals surface area contributed by atoms with Crippen molar-refractivity contribution >= 4 is 0 Å². The molecule has 9 rings (SSSR count). The molecule has 214 valence electrons. The number of aryl methyl sites for hydroxylation is 1. The number of pyridine rings is 1. The van der Waals surface area contributed by atoms with Gasteiger partial charge in [-0.2, -0.15) is 5.10 Å². The summed E-state index contributed by atoms with van der Waals surface area (Å²) in [5.74, 6) is 1.28. The van der Waals surface area contributed by atoms with Crippen LogP contribution in [-0.4, -0.2) is 14.8 Å². The first-order chi connectivity index (χ1) is 22.1. The van der Waals surface area contributed by atoms with E-state index in [9.17, 15) is 0 Å². The maximum Gasteiger partial charge on any atom is 0.219 e. The van der Waals surface area contributed by atoms with E-state index >= 15 is 0 Å². The molecule has 4 nitrogen and oxygen atoms in total. The Morgan fingerprint density at radius 1 is 0.578 bits per heavy atom. The molecule has 7 aromatic rings. The second-order valence-electron chi connectivity index (χ2n) is 11.9. The van der Waals surface area contributed by atoms with Crippen LogP contribution < -0.4 is 4.74 Å². The molecule has 0 aliphatic heterocycles. The molecule has 0 fully saturated rings. The molecule has 0 saturated heterocycles. The Kier molecular flexibility index (Phi) is 5.51. The van der Waals surface area contributed by atoms with E-state index in [0.717, 1.165) is 28.4 Å². The quantitative estimate of drug-likeness (QED) is 0.208. The van der Waals surface area contributed by atoms with E-state index in [2.05, 4.69) is 116 Å². The van der Waals surface area contributed by atoms with Gasteiger partial charge >= 0.3 is 0 Å². The lowest BCUT2D eigenvalue weighted by atomic mass is 9.70. The summed E-state index contributed by atoms with van der Waals surface area (Å²) >= 11 is 0. The molecule has 0 radical (unpaired) electrons. The van der Waals surface area contributed by atoms with Crippen molar-refractivity contribution in [3.8, 4) is 50.7 Å². The summed E-state index contributed by atoms with van der Waals surface area (Å²) in [6.45, 7) is 4.24. The number of ether oxygens (including phenoxy) is 1. The summed E-state index contributed by atoms with van der Waals surface area (Å²) < 4.78 is 8.05. The maximum atomic E-state index is 6.03.